The van der Waals surface area contributed by atoms with Gasteiger partial charge in [-0.25, -0.2) is 14.4 Å². The Morgan fingerprint density at radius 3 is 2.89 bits per heavy atom. The van der Waals surface area contributed by atoms with E-state index in [0.717, 1.165) is 0 Å². The summed E-state index contributed by atoms with van der Waals surface area (Å²) in [4.78, 5) is 8.16. The summed E-state index contributed by atoms with van der Waals surface area (Å²) >= 11 is 1.56. The highest BCUT2D eigenvalue weighted by molar-refractivity contribution is 7.99. The van der Waals surface area contributed by atoms with Crippen LogP contribution in [-0.2, 0) is 0 Å². The van der Waals surface area contributed by atoms with Gasteiger partial charge in [-0.3, -0.25) is 0 Å². The Bertz CT molecular complexity index is 557. The van der Waals surface area contributed by atoms with Crippen molar-refractivity contribution in [1.82, 2.24) is 9.97 Å². The summed E-state index contributed by atoms with van der Waals surface area (Å²) in [5, 5.41) is 12.8. The van der Waals surface area contributed by atoms with E-state index in [4.69, 9.17) is 0 Å². The standard InChI is InChI=1S/C13H16FN3OS/c1-8(11(6-18)19-2)17-13-12-9(14)4-3-5-10(12)15-7-16-13/h3-5,7-8,11,18H,6H2,1-2H3,(H,15,16,17). The highest BCUT2D eigenvalue weighted by Crippen LogP contribution is 2.24. The van der Waals surface area contributed by atoms with Gasteiger partial charge in [0, 0.05) is 11.3 Å². The molecule has 1 heterocycles. The number of hydrogen-bond acceptors (Lipinski definition) is 5. The average molecular weight is 281 g/mol. The number of rotatable bonds is 5. The van der Waals surface area contributed by atoms with Crippen LogP contribution in [0.2, 0.25) is 0 Å². The molecule has 2 aromatic rings. The second-order valence-electron chi connectivity index (χ2n) is 4.25. The number of nitrogens with zero attached hydrogens (tertiary/aromatic N) is 2. The van der Waals surface area contributed by atoms with Crippen LogP contribution in [0.4, 0.5) is 10.2 Å². The smallest absolute Gasteiger partial charge is 0.140 e. The molecular formula is C13H16FN3OS. The van der Waals surface area contributed by atoms with Crippen LogP contribution in [0.5, 0.6) is 0 Å². The number of anilines is 1. The van der Waals surface area contributed by atoms with Gasteiger partial charge in [0.05, 0.1) is 17.5 Å². The molecule has 1 aromatic heterocycles. The molecule has 2 atom stereocenters. The first kappa shape index (κ1) is 14.0. The van der Waals surface area contributed by atoms with E-state index in [-0.39, 0.29) is 23.7 Å². The summed E-state index contributed by atoms with van der Waals surface area (Å²) < 4.78 is 13.9. The third kappa shape index (κ3) is 2.96. The molecule has 0 aliphatic carbocycles. The minimum atomic E-state index is -0.350. The Morgan fingerprint density at radius 2 is 2.21 bits per heavy atom. The van der Waals surface area contributed by atoms with Crippen LogP contribution in [0, 0.1) is 5.82 Å². The molecule has 0 aliphatic rings. The Balaban J connectivity index is 2.35. The summed E-state index contributed by atoms with van der Waals surface area (Å²) in [6, 6.07) is 4.72. The van der Waals surface area contributed by atoms with Gasteiger partial charge in [-0.15, -0.1) is 0 Å². The highest BCUT2D eigenvalue weighted by Gasteiger charge is 2.17. The van der Waals surface area contributed by atoms with Crippen molar-refractivity contribution in [1.29, 1.82) is 0 Å². The minimum absolute atomic E-state index is 0.0248. The summed E-state index contributed by atoms with van der Waals surface area (Å²) in [7, 11) is 0. The molecule has 2 rings (SSSR count). The van der Waals surface area contributed by atoms with Gasteiger partial charge in [0.15, 0.2) is 0 Å². The third-order valence-corrected chi connectivity index (χ3v) is 4.18. The molecule has 2 unspecified atom stereocenters. The number of aliphatic hydroxyl groups excluding tert-OH is 1. The highest BCUT2D eigenvalue weighted by atomic mass is 32.2. The van der Waals surface area contributed by atoms with E-state index in [2.05, 4.69) is 15.3 Å². The fourth-order valence-electron chi connectivity index (χ4n) is 1.92. The van der Waals surface area contributed by atoms with Gasteiger partial charge in [-0.05, 0) is 25.3 Å². The molecular weight excluding hydrogens is 265 g/mol. The minimum Gasteiger partial charge on any atom is -0.395 e. The molecule has 6 heteroatoms. The first-order valence-corrected chi connectivity index (χ1v) is 7.25. The van der Waals surface area contributed by atoms with Gasteiger partial charge >= 0.3 is 0 Å². The van der Waals surface area contributed by atoms with E-state index < -0.39 is 0 Å². The largest absolute Gasteiger partial charge is 0.395 e. The van der Waals surface area contributed by atoms with Crippen molar-refractivity contribution in [3.05, 3.63) is 30.3 Å². The van der Waals surface area contributed by atoms with Crippen LogP contribution < -0.4 is 5.32 Å². The molecule has 102 valence electrons. The Morgan fingerprint density at radius 1 is 1.42 bits per heavy atom. The van der Waals surface area contributed by atoms with Gasteiger partial charge in [-0.1, -0.05) is 6.07 Å². The zero-order chi connectivity index (χ0) is 13.8. The number of fused-ring (bicyclic) bond motifs is 1. The Labute approximate surface area is 115 Å². The number of benzene rings is 1. The van der Waals surface area contributed by atoms with Gasteiger partial charge in [0.2, 0.25) is 0 Å². The predicted molar refractivity (Wildman–Crippen MR) is 77.0 cm³/mol. The van der Waals surface area contributed by atoms with Gasteiger partial charge in [0.25, 0.3) is 0 Å². The topological polar surface area (TPSA) is 58.0 Å². The lowest BCUT2D eigenvalue weighted by atomic mass is 10.2. The fourth-order valence-corrected chi connectivity index (χ4v) is 2.55. The quantitative estimate of drug-likeness (QED) is 0.880. The third-order valence-electron chi connectivity index (χ3n) is 3.02. The van der Waals surface area contributed by atoms with Crippen molar-refractivity contribution in [2.75, 3.05) is 18.2 Å². The van der Waals surface area contributed by atoms with Crippen molar-refractivity contribution < 1.29 is 9.50 Å². The fraction of sp³-hybridized carbons (Fsp3) is 0.385. The van der Waals surface area contributed by atoms with Gasteiger partial charge in [0.1, 0.15) is 18.0 Å². The van der Waals surface area contributed by atoms with Gasteiger partial charge in [-0.2, -0.15) is 11.8 Å². The molecule has 2 N–H and O–H groups in total. The van der Waals surface area contributed by atoms with Crippen molar-refractivity contribution in [3.63, 3.8) is 0 Å². The number of aromatic nitrogens is 2. The predicted octanol–water partition coefficient (Wildman–Crippen LogP) is 2.29. The van der Waals surface area contributed by atoms with Crippen LogP contribution >= 0.6 is 11.8 Å². The number of thioether (sulfide) groups is 1. The maximum Gasteiger partial charge on any atom is 0.140 e. The first-order valence-electron chi connectivity index (χ1n) is 5.96. The lowest BCUT2D eigenvalue weighted by Crippen LogP contribution is -2.31. The van der Waals surface area contributed by atoms with Crippen molar-refractivity contribution in [2.45, 2.75) is 18.2 Å². The van der Waals surface area contributed by atoms with E-state index in [1.165, 1.54) is 12.4 Å². The molecule has 0 fully saturated rings. The lowest BCUT2D eigenvalue weighted by Gasteiger charge is -2.22. The van der Waals surface area contributed by atoms with E-state index >= 15 is 0 Å². The molecule has 0 bridgehead atoms. The van der Waals surface area contributed by atoms with Crippen molar-refractivity contribution in [2.24, 2.45) is 0 Å². The van der Waals surface area contributed by atoms with E-state index in [1.54, 1.807) is 23.9 Å². The van der Waals surface area contributed by atoms with E-state index in [1.807, 2.05) is 13.2 Å². The first-order chi connectivity index (χ1) is 9.17. The molecule has 0 saturated carbocycles. The summed E-state index contributed by atoms with van der Waals surface area (Å²) in [6.07, 6.45) is 3.33. The molecule has 0 saturated heterocycles. The monoisotopic (exact) mass is 281 g/mol. The molecule has 19 heavy (non-hydrogen) atoms. The molecule has 0 amide bonds. The molecule has 4 nitrogen and oxygen atoms in total. The number of aliphatic hydroxyl groups is 1. The maximum atomic E-state index is 13.9. The second kappa shape index (κ2) is 6.16. The summed E-state index contributed by atoms with van der Waals surface area (Å²) in [5.41, 5.74) is 0.564. The van der Waals surface area contributed by atoms with E-state index in [0.29, 0.717) is 16.7 Å². The van der Waals surface area contributed by atoms with E-state index in [9.17, 15) is 9.50 Å². The molecule has 0 spiro atoms. The number of hydrogen-bond donors (Lipinski definition) is 2. The normalized spacial score (nSPS) is 14.3. The van der Waals surface area contributed by atoms with Crippen LogP contribution in [0.25, 0.3) is 10.9 Å². The second-order valence-corrected chi connectivity index (χ2v) is 5.32. The van der Waals surface area contributed by atoms with Crippen molar-refractivity contribution in [3.8, 4) is 0 Å². The van der Waals surface area contributed by atoms with Crippen LogP contribution in [-0.4, -0.2) is 39.2 Å². The van der Waals surface area contributed by atoms with Crippen molar-refractivity contribution >= 4 is 28.5 Å². The zero-order valence-electron chi connectivity index (χ0n) is 10.8. The molecule has 0 radical (unpaired) electrons. The number of nitrogens with one attached hydrogen (secondary N) is 1. The lowest BCUT2D eigenvalue weighted by molar-refractivity contribution is 0.288. The van der Waals surface area contributed by atoms with Crippen LogP contribution in [0.15, 0.2) is 24.5 Å². The SMILES string of the molecule is CSC(CO)C(C)Nc1ncnc2cccc(F)c12. The summed E-state index contributed by atoms with van der Waals surface area (Å²) in [6.45, 7) is 1.99. The Hall–Kier alpha value is -1.40. The van der Waals surface area contributed by atoms with Crippen LogP contribution in [0.1, 0.15) is 6.92 Å². The number of halogens is 1. The zero-order valence-corrected chi connectivity index (χ0v) is 11.6. The molecule has 0 aliphatic heterocycles. The van der Waals surface area contributed by atoms with Gasteiger partial charge < -0.3 is 10.4 Å². The molecule has 1 aromatic carbocycles. The Kier molecular flexibility index (Phi) is 4.55. The average Bonchev–Trinajstić information content (AvgIpc) is 2.40. The van der Waals surface area contributed by atoms with Crippen LogP contribution in [0.3, 0.4) is 0 Å². The maximum absolute atomic E-state index is 13.9. The summed E-state index contributed by atoms with van der Waals surface area (Å²) in [5.74, 6) is 0.112.